The summed E-state index contributed by atoms with van der Waals surface area (Å²) >= 11 is 0. The number of ether oxygens (including phenoxy) is 2. The first-order chi connectivity index (χ1) is 13.7. The van der Waals surface area contributed by atoms with E-state index >= 15 is 0 Å². The molecule has 138 valence electrons. The summed E-state index contributed by atoms with van der Waals surface area (Å²) in [5.74, 6) is 0.764. The Morgan fingerprint density at radius 2 is 1.71 bits per heavy atom. The predicted molar refractivity (Wildman–Crippen MR) is 107 cm³/mol. The van der Waals surface area contributed by atoms with Crippen molar-refractivity contribution in [1.82, 2.24) is 0 Å². The normalized spacial score (nSPS) is 14.3. The molecule has 0 aromatic heterocycles. The Kier molecular flexibility index (Phi) is 5.02. The molecule has 0 saturated heterocycles. The topological polar surface area (TPSA) is 35.5 Å². The highest BCUT2D eigenvalue weighted by atomic mass is 19.1. The number of carbonyl (C=O) groups is 1. The molecule has 0 fully saturated rings. The molecule has 4 rings (SSSR count). The zero-order chi connectivity index (χ0) is 19.3. The molecule has 3 aromatic carbocycles. The van der Waals surface area contributed by atoms with Gasteiger partial charge in [0.25, 0.3) is 0 Å². The van der Waals surface area contributed by atoms with E-state index in [1.807, 2.05) is 42.5 Å². The SMILES string of the molecule is O=C1/C(=C/c2ccc(F)cc2)Oc2cc(OC/C=C/c3ccccc3)ccc21. The second-order valence-corrected chi connectivity index (χ2v) is 6.27. The van der Waals surface area contributed by atoms with Crippen molar-refractivity contribution in [2.45, 2.75) is 0 Å². The Morgan fingerprint density at radius 3 is 2.50 bits per heavy atom. The van der Waals surface area contributed by atoms with Gasteiger partial charge in [0.1, 0.15) is 23.9 Å². The van der Waals surface area contributed by atoms with Gasteiger partial charge >= 0.3 is 0 Å². The number of carbonyl (C=O) groups excluding carboxylic acids is 1. The number of rotatable bonds is 5. The molecule has 0 unspecified atom stereocenters. The fourth-order valence-corrected chi connectivity index (χ4v) is 2.86. The quantitative estimate of drug-likeness (QED) is 0.552. The van der Waals surface area contributed by atoms with Crippen molar-refractivity contribution in [3.63, 3.8) is 0 Å². The Hall–Kier alpha value is -3.66. The van der Waals surface area contributed by atoms with Gasteiger partial charge in [-0.15, -0.1) is 0 Å². The van der Waals surface area contributed by atoms with E-state index < -0.39 is 0 Å². The molecule has 3 aromatic rings. The van der Waals surface area contributed by atoms with Crippen LogP contribution in [0.5, 0.6) is 11.5 Å². The van der Waals surface area contributed by atoms with Crippen LogP contribution in [-0.2, 0) is 0 Å². The molecule has 1 aliphatic heterocycles. The lowest BCUT2D eigenvalue weighted by molar-refractivity contribution is 0.101. The minimum absolute atomic E-state index is 0.199. The Labute approximate surface area is 162 Å². The minimum Gasteiger partial charge on any atom is -0.489 e. The third-order valence-electron chi connectivity index (χ3n) is 4.27. The molecular weight excluding hydrogens is 355 g/mol. The molecule has 0 atom stereocenters. The third-order valence-corrected chi connectivity index (χ3v) is 4.27. The summed E-state index contributed by atoms with van der Waals surface area (Å²) in [5, 5.41) is 0. The first kappa shape index (κ1) is 17.7. The molecule has 0 radical (unpaired) electrons. The number of hydrogen-bond acceptors (Lipinski definition) is 3. The van der Waals surface area contributed by atoms with Gasteiger partial charge in [0.15, 0.2) is 5.76 Å². The summed E-state index contributed by atoms with van der Waals surface area (Å²) in [6.07, 6.45) is 5.51. The van der Waals surface area contributed by atoms with Crippen LogP contribution in [0.1, 0.15) is 21.5 Å². The standard InChI is InChI=1S/C24H17FO3/c25-19-10-8-18(9-11-19)15-23-24(26)21-13-12-20(16-22(21)28-23)27-14-4-7-17-5-2-1-3-6-17/h1-13,15-16H,14H2/b7-4+,23-15-. The van der Waals surface area contributed by atoms with Gasteiger partial charge in [-0.25, -0.2) is 4.39 Å². The molecule has 28 heavy (non-hydrogen) atoms. The second-order valence-electron chi connectivity index (χ2n) is 6.27. The lowest BCUT2D eigenvalue weighted by Crippen LogP contribution is -1.98. The van der Waals surface area contributed by atoms with Gasteiger partial charge in [0.05, 0.1) is 5.56 Å². The molecule has 1 heterocycles. The number of hydrogen-bond donors (Lipinski definition) is 0. The highest BCUT2D eigenvalue weighted by Gasteiger charge is 2.27. The van der Waals surface area contributed by atoms with E-state index in [-0.39, 0.29) is 17.4 Å². The summed E-state index contributed by atoms with van der Waals surface area (Å²) in [7, 11) is 0. The number of allylic oxidation sites excluding steroid dienone is 1. The van der Waals surface area contributed by atoms with Crippen molar-refractivity contribution in [1.29, 1.82) is 0 Å². The molecule has 1 aliphatic rings. The summed E-state index contributed by atoms with van der Waals surface area (Å²) in [4.78, 5) is 12.5. The van der Waals surface area contributed by atoms with Gasteiger partial charge in [-0.05, 0) is 47.5 Å². The van der Waals surface area contributed by atoms with Crippen molar-refractivity contribution in [3.05, 3.63) is 107 Å². The van der Waals surface area contributed by atoms with Crippen LogP contribution in [0.4, 0.5) is 4.39 Å². The molecule has 0 bridgehead atoms. The van der Waals surface area contributed by atoms with Crippen LogP contribution in [-0.4, -0.2) is 12.4 Å². The zero-order valence-corrected chi connectivity index (χ0v) is 15.0. The van der Waals surface area contributed by atoms with Gasteiger partial charge in [0, 0.05) is 6.07 Å². The second kappa shape index (κ2) is 7.92. The minimum atomic E-state index is -0.327. The highest BCUT2D eigenvalue weighted by Crippen LogP contribution is 2.34. The van der Waals surface area contributed by atoms with Crippen LogP contribution in [0.2, 0.25) is 0 Å². The number of halogens is 1. The average Bonchev–Trinajstić information content (AvgIpc) is 3.03. The largest absolute Gasteiger partial charge is 0.489 e. The van der Waals surface area contributed by atoms with Gasteiger partial charge < -0.3 is 9.47 Å². The van der Waals surface area contributed by atoms with E-state index in [0.29, 0.717) is 29.2 Å². The number of benzene rings is 3. The average molecular weight is 372 g/mol. The fraction of sp³-hybridized carbons (Fsp3) is 0.0417. The summed E-state index contributed by atoms with van der Waals surface area (Å²) in [6.45, 7) is 0.403. The van der Waals surface area contributed by atoms with Crippen molar-refractivity contribution in [2.24, 2.45) is 0 Å². The van der Waals surface area contributed by atoms with E-state index in [1.54, 1.807) is 36.4 Å². The Bertz CT molecular complexity index is 1050. The molecule has 0 spiro atoms. The first-order valence-corrected chi connectivity index (χ1v) is 8.87. The van der Waals surface area contributed by atoms with Crippen molar-refractivity contribution >= 4 is 17.9 Å². The van der Waals surface area contributed by atoms with Gasteiger partial charge in [-0.1, -0.05) is 48.5 Å². The Balaban J connectivity index is 1.43. The number of fused-ring (bicyclic) bond motifs is 1. The van der Waals surface area contributed by atoms with Crippen molar-refractivity contribution in [2.75, 3.05) is 6.61 Å². The molecule has 0 saturated carbocycles. The smallest absolute Gasteiger partial charge is 0.231 e. The van der Waals surface area contributed by atoms with Crippen LogP contribution in [0.3, 0.4) is 0 Å². The van der Waals surface area contributed by atoms with Gasteiger partial charge in [-0.2, -0.15) is 0 Å². The molecular formula is C24H17FO3. The number of Topliss-reactive ketones (excluding diaryl/α,β-unsaturated/α-hetero) is 1. The molecule has 3 nitrogen and oxygen atoms in total. The Morgan fingerprint density at radius 1 is 0.929 bits per heavy atom. The number of ketones is 1. The van der Waals surface area contributed by atoms with Crippen molar-refractivity contribution < 1.29 is 18.7 Å². The summed E-state index contributed by atoms with van der Waals surface area (Å²) in [6, 6.07) is 21.0. The van der Waals surface area contributed by atoms with Gasteiger partial charge in [-0.3, -0.25) is 4.79 Å². The van der Waals surface area contributed by atoms with E-state index in [9.17, 15) is 9.18 Å². The van der Waals surface area contributed by atoms with Gasteiger partial charge in [0.2, 0.25) is 5.78 Å². The summed E-state index contributed by atoms with van der Waals surface area (Å²) < 4.78 is 24.4. The van der Waals surface area contributed by atoms with E-state index in [2.05, 4.69) is 0 Å². The predicted octanol–water partition coefficient (Wildman–Crippen LogP) is 5.53. The maximum Gasteiger partial charge on any atom is 0.231 e. The lowest BCUT2D eigenvalue weighted by atomic mass is 10.1. The van der Waals surface area contributed by atoms with Crippen molar-refractivity contribution in [3.8, 4) is 11.5 Å². The molecule has 0 N–H and O–H groups in total. The fourth-order valence-electron chi connectivity index (χ4n) is 2.86. The van der Waals surface area contributed by atoms with Crippen LogP contribution < -0.4 is 9.47 Å². The van der Waals surface area contributed by atoms with E-state index in [1.165, 1.54) is 12.1 Å². The monoisotopic (exact) mass is 372 g/mol. The maximum atomic E-state index is 13.0. The lowest BCUT2D eigenvalue weighted by Gasteiger charge is -2.04. The first-order valence-electron chi connectivity index (χ1n) is 8.87. The van der Waals surface area contributed by atoms with Crippen LogP contribution in [0, 0.1) is 5.82 Å². The highest BCUT2D eigenvalue weighted by molar-refractivity contribution is 6.14. The molecule has 4 heteroatoms. The zero-order valence-electron chi connectivity index (χ0n) is 15.0. The van der Waals surface area contributed by atoms with E-state index in [4.69, 9.17) is 9.47 Å². The van der Waals surface area contributed by atoms with Crippen LogP contribution in [0.15, 0.2) is 84.6 Å². The van der Waals surface area contributed by atoms with E-state index in [0.717, 1.165) is 5.56 Å². The third kappa shape index (κ3) is 4.01. The maximum absolute atomic E-state index is 13.0. The molecule has 0 aliphatic carbocycles. The summed E-state index contributed by atoms with van der Waals surface area (Å²) in [5.41, 5.74) is 2.28. The van der Waals surface area contributed by atoms with Crippen LogP contribution >= 0.6 is 0 Å². The van der Waals surface area contributed by atoms with Crippen LogP contribution in [0.25, 0.3) is 12.2 Å². The molecule has 0 amide bonds.